The average molecular weight is 1860 g/mol. The number of carbonyl (C=O) groups is 16. The molecular formula is C101H128N13O19S+. The monoisotopic (exact) mass is 1860 g/mol. The molecule has 716 valence electrons. The number of aromatic nitrogens is 1. The van der Waals surface area contributed by atoms with Gasteiger partial charge in [-0.25, -0.2) is 4.79 Å². The van der Waals surface area contributed by atoms with E-state index in [1.165, 1.54) is 77.1 Å². The molecule has 1 unspecified atom stereocenters. The summed E-state index contributed by atoms with van der Waals surface area (Å²) in [5.41, 5.74) is 9.54. The van der Waals surface area contributed by atoms with E-state index in [2.05, 4.69) is 36.9 Å². The van der Waals surface area contributed by atoms with E-state index in [-0.39, 0.29) is 113 Å². The molecule has 4 heterocycles. The number of nitrogens with zero attached hydrogens (tertiary/aromatic N) is 5. The summed E-state index contributed by atoms with van der Waals surface area (Å²) in [7, 11) is 5.84. The minimum atomic E-state index is -1.57. The zero-order valence-electron chi connectivity index (χ0n) is 77.7. The van der Waals surface area contributed by atoms with E-state index in [4.69, 9.17) is 10.5 Å². The van der Waals surface area contributed by atoms with Crippen molar-refractivity contribution in [1.82, 2.24) is 56.5 Å². The Balaban J connectivity index is 1.06. The predicted octanol–water partition coefficient (Wildman–Crippen LogP) is 6.65. The van der Waals surface area contributed by atoms with Gasteiger partial charge in [-0.3, -0.25) is 76.4 Å². The van der Waals surface area contributed by atoms with Crippen LogP contribution in [0.5, 0.6) is 11.5 Å². The van der Waals surface area contributed by atoms with Crippen LogP contribution in [0, 0.1) is 23.7 Å². The highest BCUT2D eigenvalue weighted by molar-refractivity contribution is 8.00. The molecule has 0 saturated carbocycles. The fourth-order valence-electron chi connectivity index (χ4n) is 18.1. The fourth-order valence-corrected chi connectivity index (χ4v) is 19.0. The zero-order valence-corrected chi connectivity index (χ0v) is 78.5. The number of carbonyl (C=O) groups excluding carboxylic acids is 16. The van der Waals surface area contributed by atoms with Crippen molar-refractivity contribution in [1.29, 1.82) is 0 Å². The van der Waals surface area contributed by atoms with Crippen LogP contribution in [0.15, 0.2) is 170 Å². The number of Topliss-reactive ketones (excluding diaryl/α,β-unsaturated/α-hetero) is 3. The smallest absolute Gasteiger partial charge is 0.336 e. The molecule has 0 bridgehead atoms. The number of ether oxygens (including phenoxy) is 1. The van der Waals surface area contributed by atoms with Crippen molar-refractivity contribution in [2.45, 2.75) is 217 Å². The fraction of sp³-hybridized carbons (Fsp3) is 0.465. The molecule has 1 aromatic heterocycles. The molecule has 3 aliphatic rings. The normalized spacial score (nSPS) is 24.7. The van der Waals surface area contributed by atoms with Crippen LogP contribution in [0.25, 0.3) is 10.9 Å². The molecule has 3 saturated heterocycles. The number of quaternary nitrogens is 1. The zero-order chi connectivity index (χ0) is 97.0. The molecule has 11 N–H and O–H groups in total. The Labute approximate surface area is 786 Å². The first-order valence-electron chi connectivity index (χ1n) is 46.1. The summed E-state index contributed by atoms with van der Waals surface area (Å²) in [4.78, 5) is 249. The van der Waals surface area contributed by atoms with Gasteiger partial charge >= 0.3 is 5.91 Å². The van der Waals surface area contributed by atoms with Crippen LogP contribution in [0.2, 0.25) is 0 Å². The van der Waals surface area contributed by atoms with Gasteiger partial charge in [-0.2, -0.15) is 0 Å². The summed E-state index contributed by atoms with van der Waals surface area (Å²) >= 11 is 0.894. The van der Waals surface area contributed by atoms with Crippen LogP contribution in [0.3, 0.4) is 0 Å². The number of hydrogen-bond donors (Lipinski definition) is 10. The quantitative estimate of drug-likeness (QED) is 0.0211. The molecule has 3 aliphatic heterocycles. The maximum atomic E-state index is 16.2. The molecule has 0 aliphatic carbocycles. The lowest BCUT2D eigenvalue weighted by Crippen LogP contribution is -2.66. The Hall–Kier alpha value is -12.9. The van der Waals surface area contributed by atoms with Gasteiger partial charge in [0.25, 0.3) is 12.4 Å². The second kappa shape index (κ2) is 49.2. The highest BCUT2D eigenvalue weighted by atomic mass is 32.2. The van der Waals surface area contributed by atoms with E-state index in [9.17, 15) is 29.4 Å². The van der Waals surface area contributed by atoms with Gasteiger partial charge < -0.3 is 77.2 Å². The van der Waals surface area contributed by atoms with Crippen LogP contribution < -0.4 is 37.6 Å². The number of primary amides is 1. The Morgan fingerprint density at radius 3 is 1.65 bits per heavy atom. The molecule has 6 aromatic carbocycles. The van der Waals surface area contributed by atoms with Crippen LogP contribution in [-0.4, -0.2) is 260 Å². The molecule has 0 radical (unpaired) electrons. The third kappa shape index (κ3) is 28.1. The summed E-state index contributed by atoms with van der Waals surface area (Å²) in [5.74, 6) is -15.4. The third-order valence-electron chi connectivity index (χ3n) is 25.8. The van der Waals surface area contributed by atoms with Gasteiger partial charge in [0.2, 0.25) is 59.1 Å². The van der Waals surface area contributed by atoms with Gasteiger partial charge in [0.1, 0.15) is 72.2 Å². The molecule has 3 fully saturated rings. The lowest BCUT2D eigenvalue weighted by atomic mass is 9.83. The molecule has 134 heavy (non-hydrogen) atoms. The number of H-pyrrole nitrogens is 1. The van der Waals surface area contributed by atoms with Crippen molar-refractivity contribution < 1.29 is 96.1 Å². The van der Waals surface area contributed by atoms with E-state index in [0.29, 0.717) is 63.5 Å². The first-order valence-corrected chi connectivity index (χ1v) is 47.2. The van der Waals surface area contributed by atoms with Gasteiger partial charge in [-0.1, -0.05) is 181 Å². The number of phenols is 2. The summed E-state index contributed by atoms with van der Waals surface area (Å²) in [6.07, 6.45) is 0.636. The molecule has 33 heteroatoms. The first kappa shape index (κ1) is 103. The Morgan fingerprint density at radius 1 is 0.537 bits per heavy atom. The maximum Gasteiger partial charge on any atom is 0.336 e. The molecule has 12 amide bonds. The van der Waals surface area contributed by atoms with Crippen molar-refractivity contribution >= 4 is 117 Å². The minimum Gasteiger partial charge on any atom is -0.508 e. The number of aromatic amines is 1. The number of para-hydroxylation sites is 1. The van der Waals surface area contributed by atoms with Gasteiger partial charge in [0.15, 0.2) is 17.6 Å². The summed E-state index contributed by atoms with van der Waals surface area (Å²) in [5, 5.41) is 39.0. The summed E-state index contributed by atoms with van der Waals surface area (Å²) in [6.45, 7) is 8.54. The lowest BCUT2D eigenvalue weighted by Gasteiger charge is -2.38. The van der Waals surface area contributed by atoms with Gasteiger partial charge in [-0.15, -0.1) is 11.8 Å². The van der Waals surface area contributed by atoms with Crippen LogP contribution in [0.1, 0.15) is 145 Å². The van der Waals surface area contributed by atoms with Crippen molar-refractivity contribution in [3.8, 4) is 11.5 Å². The molecule has 0 spiro atoms. The number of benzene rings is 6. The highest BCUT2D eigenvalue weighted by Crippen LogP contribution is 2.33. The molecule has 10 rings (SSSR count). The molecule has 14 atom stereocenters. The third-order valence-corrected chi connectivity index (χ3v) is 26.9. The number of nitrogens with two attached hydrogens (primary N) is 1. The van der Waals surface area contributed by atoms with Crippen LogP contribution in [-0.2, 0) is 120 Å². The Bertz CT molecular complexity index is 5280. The summed E-state index contributed by atoms with van der Waals surface area (Å²) in [6, 6.07) is 30.1. The number of aromatic hydroxyl groups is 2. The lowest BCUT2D eigenvalue weighted by molar-refractivity contribution is -0.838. The van der Waals surface area contributed by atoms with Crippen molar-refractivity contribution in [3.05, 3.63) is 203 Å². The highest BCUT2D eigenvalue weighted by Gasteiger charge is 2.53. The first-order chi connectivity index (χ1) is 64.0. The number of unbranched alkanes of at least 4 members (excludes halogenated alkanes) is 1. The number of phenolic OH excluding ortho intramolecular Hbond substituents is 2. The second-order valence-electron chi connectivity index (χ2n) is 36.4. The van der Waals surface area contributed by atoms with Crippen LogP contribution >= 0.6 is 11.8 Å². The largest absolute Gasteiger partial charge is 0.508 e. The van der Waals surface area contributed by atoms with Gasteiger partial charge in [-0.05, 0) is 101 Å². The number of fused-ring (bicyclic) bond motifs is 3. The topological polar surface area (TPSA) is 450 Å². The van der Waals surface area contributed by atoms with Gasteiger partial charge in [0, 0.05) is 134 Å². The predicted molar refractivity (Wildman–Crippen MR) is 504 cm³/mol. The molecule has 32 nitrogen and oxygen atoms in total. The Morgan fingerprint density at radius 2 is 1.06 bits per heavy atom. The number of ketones is 3. The van der Waals surface area contributed by atoms with Crippen molar-refractivity contribution in [2.75, 3.05) is 59.4 Å². The summed E-state index contributed by atoms with van der Waals surface area (Å²) < 4.78 is 4.63. The van der Waals surface area contributed by atoms with Gasteiger partial charge in [0.05, 0.1) is 37.3 Å². The van der Waals surface area contributed by atoms with E-state index >= 15 is 57.5 Å². The number of likely N-dealkylation sites (N-methyl/N-ethyl adjacent to an activating group) is 4. The molecule has 7 aromatic rings. The number of rotatable bonds is 25. The SMILES string of the molecule is CCCC[C@H]1C(=O)N2CCC[C@H]2C(=O)C[C@@H](COC=O)C(=O)C[C@@H](C(C)C)C(=O)N(C)[C@@H](Cc2ccccc2)C(=O)N[C@@H](Cc2ccc(O)cc2)C(=O)[N+]2(C)CCC[C@H]2C(=O)N[C@@H](Cc2c[nH]c3ccccc23)C(=O)N[C@@H](Cc2ccc(O)cc2)C(=O)N[C@@H](CC(C)C)C(=O)N[C@H](C(=O)CCC(N)=O)CSCC(=O)N[C@@H](Cc2ccccc2)C(=O)N(C)[C@@H](Cc2ccccc2)C(=O)N1C. The molecular weight excluding hydrogens is 1730 g/mol. The number of hydrogen-bond acceptors (Lipinski definition) is 20. The van der Waals surface area contributed by atoms with E-state index in [1.54, 1.807) is 156 Å². The minimum absolute atomic E-state index is 0.0424. The van der Waals surface area contributed by atoms with E-state index in [1.807, 2.05) is 19.1 Å². The second-order valence-corrected chi connectivity index (χ2v) is 37.4. The van der Waals surface area contributed by atoms with Crippen LogP contribution in [0.4, 0.5) is 0 Å². The average Bonchev–Trinajstić information content (AvgIpc) is 1.26. The number of nitrogens with one attached hydrogen (secondary N) is 7. The van der Waals surface area contributed by atoms with E-state index in [0.717, 1.165) is 11.8 Å². The maximum absolute atomic E-state index is 16.2. The van der Waals surface area contributed by atoms with Crippen molar-refractivity contribution in [2.24, 2.45) is 29.4 Å². The number of amides is 12. The van der Waals surface area contributed by atoms with Crippen molar-refractivity contribution in [3.63, 3.8) is 0 Å². The number of thioether (sulfide) groups is 1. The van der Waals surface area contributed by atoms with E-state index < -0.39 is 215 Å². The Kier molecular flexibility index (Phi) is 37.9. The standard InChI is InChI=1S/C101H127N13O19S/c1-10-11-33-83-100(131)113-46-23-34-82(113)89(120)55-70(58-133-61-115)88(119)56-74(63(4)5)97(128)111(7)84(52-65-27-17-13-18-28-65)95(126)108-80(51-68-38-42-72(117)43-39-68)101(132)114(9)47-24-35-86(114)96(127)107-78(54-69-57-103-75-32-22-21-31-73(69)75)94(125)106-77(49-67-36-40-71(116)41-37-67)93(124)105-76(48-62(2)3)92(123)109-81(87(118)44-45-90(102)121)59-134-60-91(122)104-79(50-64-25-15-12-16-26-64)98(129)112(8)85(99(130)110(83)6)53-66-29-19-14-20-30-66/h12-22,25-32,36-43,57,61-63,70,74,76-86,103H,10-11,23-24,33-35,44-56,58-60H2,1-9H3,(H9-,102,104,105,106,107,108,109,116,117,121,122,123,124,125,126,127)/p+1/t70-,74-,76-,77-,78-,79-,80-,81-,82-,83-,84-,85-,86-,114?/m0/s1.